The molecule has 17 heteroatoms. The molecule has 0 bridgehead atoms. The van der Waals surface area contributed by atoms with Crippen molar-refractivity contribution in [1.82, 2.24) is 29.6 Å². The van der Waals surface area contributed by atoms with Crippen LogP contribution in [0.5, 0.6) is 17.4 Å². The number of aromatic nitrogens is 2. The highest BCUT2D eigenvalue weighted by Crippen LogP contribution is 2.44. The number of aryl methyl sites for hydroxylation is 1. The lowest BCUT2D eigenvalue weighted by molar-refractivity contribution is -0.276. The third kappa shape index (κ3) is 7.42. The fraction of sp³-hybridized carbons (Fsp3) is 0.465. The van der Waals surface area contributed by atoms with Crippen LogP contribution >= 0.6 is 0 Å². The SMILES string of the molecule is COc1cc(-c2cn(C)c(=O)c3cnc(OC(F)(F)F)cc23)cc(OC)c1CN1CC(CN2CCC3(CC2)CN(c2ccc4c(c2)C(=O)N(C2CCC(=O)NC2=O)C4)C3)C1. The van der Waals surface area contributed by atoms with Crippen LogP contribution in [-0.4, -0.2) is 114 Å². The van der Waals surface area contributed by atoms with Crippen molar-refractivity contribution in [3.05, 3.63) is 75.8 Å². The summed E-state index contributed by atoms with van der Waals surface area (Å²) in [5.41, 5.74) is 4.39. The van der Waals surface area contributed by atoms with Crippen LogP contribution in [0.4, 0.5) is 18.9 Å². The van der Waals surface area contributed by atoms with Crippen molar-refractivity contribution in [2.75, 3.05) is 64.9 Å². The Bertz CT molecular complexity index is 2430. The van der Waals surface area contributed by atoms with E-state index in [1.165, 1.54) is 4.57 Å². The molecule has 9 rings (SSSR count). The number of halogens is 3. The summed E-state index contributed by atoms with van der Waals surface area (Å²) in [5, 5.41) is 2.77. The molecule has 1 spiro atoms. The number of pyridine rings is 2. The number of alkyl halides is 3. The maximum absolute atomic E-state index is 13.4. The molecule has 0 radical (unpaired) electrons. The number of amides is 3. The summed E-state index contributed by atoms with van der Waals surface area (Å²) in [5.74, 6) is 0.139. The first-order valence-electron chi connectivity index (χ1n) is 20.2. The average Bonchev–Trinajstić information content (AvgIpc) is 3.51. The van der Waals surface area contributed by atoms with Crippen LogP contribution in [0.25, 0.3) is 21.9 Å². The second kappa shape index (κ2) is 15.1. The lowest BCUT2D eigenvalue weighted by Gasteiger charge is -2.55. The number of hydrogen-bond acceptors (Lipinski definition) is 11. The predicted molar refractivity (Wildman–Crippen MR) is 214 cm³/mol. The number of carbonyl (C=O) groups excluding carboxylic acids is 3. The van der Waals surface area contributed by atoms with Crippen molar-refractivity contribution in [2.24, 2.45) is 18.4 Å². The van der Waals surface area contributed by atoms with Gasteiger partial charge in [0.2, 0.25) is 17.7 Å². The molecule has 4 fully saturated rings. The van der Waals surface area contributed by atoms with Crippen LogP contribution in [0.1, 0.15) is 47.2 Å². The fourth-order valence-corrected chi connectivity index (χ4v) is 9.76. The van der Waals surface area contributed by atoms with Crippen molar-refractivity contribution >= 4 is 34.2 Å². The van der Waals surface area contributed by atoms with E-state index in [4.69, 9.17) is 9.47 Å². The number of piperidine rings is 2. The van der Waals surface area contributed by atoms with Gasteiger partial charge in [-0.3, -0.25) is 29.4 Å². The number of hydrogen-bond donors (Lipinski definition) is 1. The number of methoxy groups -OCH3 is 2. The molecule has 4 saturated heterocycles. The van der Waals surface area contributed by atoms with E-state index >= 15 is 0 Å². The van der Waals surface area contributed by atoms with Gasteiger partial charge in [-0.1, -0.05) is 6.07 Å². The Kier molecular flexibility index (Phi) is 10.0. The Morgan fingerprint density at radius 1 is 0.917 bits per heavy atom. The van der Waals surface area contributed by atoms with Crippen LogP contribution in [0.3, 0.4) is 0 Å². The monoisotopic (exact) mass is 829 g/mol. The molecule has 1 N–H and O–H groups in total. The van der Waals surface area contributed by atoms with Gasteiger partial charge in [-0.15, -0.1) is 13.2 Å². The molecule has 2 aromatic carbocycles. The number of likely N-dealkylation sites (tertiary alicyclic amines) is 2. The number of carbonyl (C=O) groups is 3. The Morgan fingerprint density at radius 3 is 2.30 bits per heavy atom. The van der Waals surface area contributed by atoms with E-state index in [1.54, 1.807) is 32.4 Å². The topological polar surface area (TPSA) is 139 Å². The molecule has 60 heavy (non-hydrogen) atoms. The van der Waals surface area contributed by atoms with Gasteiger partial charge < -0.3 is 33.5 Å². The van der Waals surface area contributed by atoms with E-state index in [1.807, 2.05) is 24.3 Å². The van der Waals surface area contributed by atoms with Gasteiger partial charge in [-0.25, -0.2) is 4.98 Å². The molecule has 316 valence electrons. The number of imide groups is 1. The summed E-state index contributed by atoms with van der Waals surface area (Å²) in [4.78, 5) is 62.9. The number of ether oxygens (including phenoxy) is 3. The highest BCUT2D eigenvalue weighted by molar-refractivity contribution is 6.05. The quantitative estimate of drug-likeness (QED) is 0.229. The lowest BCUT2D eigenvalue weighted by atomic mass is 9.71. The molecule has 2 aromatic heterocycles. The van der Waals surface area contributed by atoms with E-state index in [2.05, 4.69) is 35.8 Å². The largest absolute Gasteiger partial charge is 0.574 e. The normalized spacial score (nSPS) is 20.9. The summed E-state index contributed by atoms with van der Waals surface area (Å²) in [6, 6.07) is 10.2. The van der Waals surface area contributed by atoms with Crippen molar-refractivity contribution < 1.29 is 41.8 Å². The predicted octanol–water partition coefficient (Wildman–Crippen LogP) is 4.31. The third-order valence-electron chi connectivity index (χ3n) is 13.0. The maximum Gasteiger partial charge on any atom is 0.574 e. The summed E-state index contributed by atoms with van der Waals surface area (Å²) < 4.78 is 56.2. The van der Waals surface area contributed by atoms with E-state index in [0.717, 1.165) is 87.7 Å². The molecule has 5 aliphatic heterocycles. The van der Waals surface area contributed by atoms with Crippen molar-refractivity contribution in [3.63, 3.8) is 0 Å². The van der Waals surface area contributed by atoms with E-state index in [0.29, 0.717) is 53.6 Å². The molecule has 3 amide bonds. The minimum absolute atomic E-state index is 0.146. The number of benzene rings is 2. The van der Waals surface area contributed by atoms with Crippen molar-refractivity contribution in [3.8, 4) is 28.5 Å². The molecular formula is C43H46F3N7O7. The van der Waals surface area contributed by atoms with Crippen LogP contribution in [0.2, 0.25) is 0 Å². The zero-order chi connectivity index (χ0) is 42.1. The van der Waals surface area contributed by atoms with E-state index in [9.17, 15) is 32.3 Å². The number of anilines is 1. The summed E-state index contributed by atoms with van der Waals surface area (Å²) in [6.07, 6.45) is 0.540. The first kappa shape index (κ1) is 39.8. The van der Waals surface area contributed by atoms with Crippen LogP contribution in [0, 0.1) is 11.3 Å². The molecular weight excluding hydrogens is 784 g/mol. The third-order valence-corrected chi connectivity index (χ3v) is 13.0. The van der Waals surface area contributed by atoms with Gasteiger partial charge in [-0.2, -0.15) is 0 Å². The Labute approximate surface area is 343 Å². The minimum Gasteiger partial charge on any atom is -0.496 e. The molecule has 0 saturated carbocycles. The maximum atomic E-state index is 13.4. The average molecular weight is 830 g/mol. The van der Waals surface area contributed by atoms with E-state index < -0.39 is 29.8 Å². The molecule has 5 aliphatic rings. The molecule has 1 unspecified atom stereocenters. The fourth-order valence-electron chi connectivity index (χ4n) is 9.76. The van der Waals surface area contributed by atoms with Gasteiger partial charge in [0, 0.05) is 105 Å². The summed E-state index contributed by atoms with van der Waals surface area (Å²) in [6.45, 7) is 7.81. The first-order valence-corrected chi connectivity index (χ1v) is 20.2. The number of fused-ring (bicyclic) bond motifs is 2. The van der Waals surface area contributed by atoms with E-state index in [-0.39, 0.29) is 34.4 Å². The molecule has 14 nitrogen and oxygen atoms in total. The minimum atomic E-state index is -4.94. The zero-order valence-electron chi connectivity index (χ0n) is 33.6. The summed E-state index contributed by atoms with van der Waals surface area (Å²) >= 11 is 0. The summed E-state index contributed by atoms with van der Waals surface area (Å²) in [7, 11) is 4.70. The van der Waals surface area contributed by atoms with Crippen LogP contribution < -0.4 is 30.0 Å². The Balaban J connectivity index is 0.788. The second-order valence-electron chi connectivity index (χ2n) is 16.9. The van der Waals surface area contributed by atoms with Gasteiger partial charge in [0.1, 0.15) is 17.5 Å². The van der Waals surface area contributed by atoms with Gasteiger partial charge in [-0.05, 0) is 73.7 Å². The Morgan fingerprint density at radius 2 is 1.63 bits per heavy atom. The molecule has 1 atom stereocenters. The number of nitrogens with one attached hydrogen (secondary N) is 1. The zero-order valence-corrected chi connectivity index (χ0v) is 33.6. The lowest BCUT2D eigenvalue weighted by Crippen LogP contribution is -2.61. The smallest absolute Gasteiger partial charge is 0.496 e. The molecule has 0 aliphatic carbocycles. The van der Waals surface area contributed by atoms with Gasteiger partial charge in [0.25, 0.3) is 11.5 Å². The molecule has 7 heterocycles. The van der Waals surface area contributed by atoms with Gasteiger partial charge >= 0.3 is 6.36 Å². The van der Waals surface area contributed by atoms with Crippen molar-refractivity contribution in [1.29, 1.82) is 0 Å². The van der Waals surface area contributed by atoms with Crippen molar-refractivity contribution in [2.45, 2.75) is 51.2 Å². The second-order valence-corrected chi connectivity index (χ2v) is 16.9. The van der Waals surface area contributed by atoms with Crippen LogP contribution in [0.15, 0.2) is 53.6 Å². The number of rotatable bonds is 10. The first-order chi connectivity index (χ1) is 28.7. The van der Waals surface area contributed by atoms with Gasteiger partial charge in [0.05, 0.1) is 25.2 Å². The van der Waals surface area contributed by atoms with Gasteiger partial charge in [0.15, 0.2) is 0 Å². The highest BCUT2D eigenvalue weighted by Gasteiger charge is 2.46. The standard InChI is InChI=1S/C43H46F3N7O7/c1-49-21-32(30-15-38(60-43(44,45)46)47-16-31(30)40(49)56)27-12-35(58-2)33(36(13-27)59-3)22-51-18-25(19-51)17-50-10-8-42(9-11-50)23-52(24-42)28-5-4-26-20-53(41(57)29(26)14-28)34-6-7-37(54)48-39(34)55/h4-5,12-16,21,25,34H,6-11,17-20,22-24H2,1-3H3,(H,48,54,55). The Hall–Kier alpha value is -5.68. The highest BCUT2D eigenvalue weighted by atomic mass is 19.4. The van der Waals surface area contributed by atoms with Crippen LogP contribution in [-0.2, 0) is 29.7 Å². The molecule has 4 aromatic rings. The number of nitrogens with zero attached hydrogens (tertiary/aromatic N) is 6.